The highest BCUT2D eigenvalue weighted by Gasteiger charge is 2.18. The maximum atomic E-state index is 12.2. The van der Waals surface area contributed by atoms with Crippen molar-refractivity contribution in [3.63, 3.8) is 0 Å². The number of nitrogens with one attached hydrogen (secondary N) is 1. The number of hydrogen-bond donors (Lipinski definition) is 1. The van der Waals surface area contributed by atoms with Crippen LogP contribution in [0.25, 0.3) is 0 Å². The van der Waals surface area contributed by atoms with Crippen LogP contribution in [0.3, 0.4) is 0 Å². The molecule has 120 valence electrons. The van der Waals surface area contributed by atoms with Crippen LogP contribution in [0.5, 0.6) is 5.88 Å². The van der Waals surface area contributed by atoms with Crippen LogP contribution in [0.1, 0.15) is 23.2 Å². The number of pyridine rings is 2. The second-order valence-corrected chi connectivity index (χ2v) is 5.54. The molecule has 1 N–H and O–H groups in total. The third kappa shape index (κ3) is 4.18. The maximum absolute atomic E-state index is 12.2. The number of aromatic nitrogens is 2. The molecule has 0 atom stereocenters. The van der Waals surface area contributed by atoms with Gasteiger partial charge in [-0.05, 0) is 18.2 Å². The van der Waals surface area contributed by atoms with E-state index in [0.717, 1.165) is 12.8 Å². The van der Waals surface area contributed by atoms with Crippen LogP contribution in [0.2, 0.25) is 5.02 Å². The third-order valence-electron chi connectivity index (χ3n) is 3.45. The Morgan fingerprint density at radius 1 is 1.30 bits per heavy atom. The van der Waals surface area contributed by atoms with E-state index in [9.17, 15) is 4.79 Å². The molecule has 0 aromatic carbocycles. The molecule has 0 bridgehead atoms. The average molecular weight is 334 g/mol. The summed E-state index contributed by atoms with van der Waals surface area (Å²) in [6.45, 7) is 1.35. The van der Waals surface area contributed by atoms with Gasteiger partial charge in [-0.2, -0.15) is 0 Å². The van der Waals surface area contributed by atoms with Crippen LogP contribution in [0, 0.1) is 0 Å². The first-order valence-electron chi connectivity index (χ1n) is 7.34. The van der Waals surface area contributed by atoms with Crippen molar-refractivity contribution in [1.82, 2.24) is 9.97 Å². The van der Waals surface area contributed by atoms with Gasteiger partial charge in [0.15, 0.2) is 0 Å². The average Bonchev–Trinajstić information content (AvgIpc) is 2.58. The van der Waals surface area contributed by atoms with Crippen LogP contribution < -0.4 is 10.1 Å². The van der Waals surface area contributed by atoms with Gasteiger partial charge in [0.1, 0.15) is 11.1 Å². The highest BCUT2D eigenvalue weighted by Crippen LogP contribution is 2.25. The summed E-state index contributed by atoms with van der Waals surface area (Å²) in [6, 6.07) is 4.96. The molecule has 0 saturated carbocycles. The fraction of sp³-hybridized carbons (Fsp3) is 0.312. The third-order valence-corrected chi connectivity index (χ3v) is 3.73. The zero-order chi connectivity index (χ0) is 16.1. The molecule has 3 rings (SSSR count). The van der Waals surface area contributed by atoms with Crippen molar-refractivity contribution in [2.75, 3.05) is 18.5 Å². The van der Waals surface area contributed by atoms with Crippen molar-refractivity contribution in [2.24, 2.45) is 0 Å². The molecule has 1 aliphatic heterocycles. The monoisotopic (exact) mass is 333 g/mol. The minimum absolute atomic E-state index is 0.0465. The number of carbonyl (C=O) groups excluding carboxylic acids is 1. The molecule has 0 spiro atoms. The summed E-state index contributed by atoms with van der Waals surface area (Å²) in [5.74, 6) is 0.0576. The van der Waals surface area contributed by atoms with Gasteiger partial charge in [0.25, 0.3) is 5.91 Å². The molecule has 1 saturated heterocycles. The van der Waals surface area contributed by atoms with E-state index in [1.54, 1.807) is 30.6 Å². The van der Waals surface area contributed by atoms with Gasteiger partial charge in [0, 0.05) is 37.1 Å². The van der Waals surface area contributed by atoms with E-state index in [2.05, 4.69) is 15.3 Å². The smallest absolute Gasteiger partial charge is 0.257 e. The molecular formula is C16H16ClN3O3. The van der Waals surface area contributed by atoms with Gasteiger partial charge in [-0.15, -0.1) is 0 Å². The van der Waals surface area contributed by atoms with E-state index in [0.29, 0.717) is 35.4 Å². The number of nitrogens with zero attached hydrogens (tertiary/aromatic N) is 2. The standard InChI is InChI=1S/C16H16ClN3O3/c17-14-9-11(15(21)20-12-1-5-18-6-2-12)10-19-16(14)23-13-3-7-22-8-4-13/h1-2,5-6,9-10,13H,3-4,7-8H2,(H,18,20,21). The van der Waals surface area contributed by atoms with Crippen molar-refractivity contribution >= 4 is 23.2 Å². The lowest BCUT2D eigenvalue weighted by atomic mass is 10.1. The van der Waals surface area contributed by atoms with Gasteiger partial charge >= 0.3 is 0 Å². The Hall–Kier alpha value is -2.18. The number of rotatable bonds is 4. The fourth-order valence-corrected chi connectivity index (χ4v) is 2.44. The summed E-state index contributed by atoms with van der Waals surface area (Å²) >= 11 is 6.19. The van der Waals surface area contributed by atoms with Crippen LogP contribution in [0.4, 0.5) is 5.69 Å². The number of ether oxygens (including phenoxy) is 2. The summed E-state index contributed by atoms with van der Waals surface area (Å²) in [5, 5.41) is 3.07. The summed E-state index contributed by atoms with van der Waals surface area (Å²) in [6.07, 6.45) is 6.32. The first-order chi connectivity index (χ1) is 11.2. The van der Waals surface area contributed by atoms with Gasteiger partial charge < -0.3 is 14.8 Å². The molecule has 1 amide bonds. The molecule has 3 heterocycles. The van der Waals surface area contributed by atoms with Crippen molar-refractivity contribution in [3.8, 4) is 5.88 Å². The Balaban J connectivity index is 1.67. The topological polar surface area (TPSA) is 73.3 Å². The maximum Gasteiger partial charge on any atom is 0.257 e. The molecule has 7 heteroatoms. The van der Waals surface area contributed by atoms with Crippen LogP contribution in [-0.2, 0) is 4.74 Å². The lowest BCUT2D eigenvalue weighted by Gasteiger charge is -2.23. The molecule has 1 fully saturated rings. The minimum atomic E-state index is -0.289. The van der Waals surface area contributed by atoms with Crippen molar-refractivity contribution < 1.29 is 14.3 Å². The lowest BCUT2D eigenvalue weighted by molar-refractivity contribution is 0.0238. The van der Waals surface area contributed by atoms with Gasteiger partial charge in [0.2, 0.25) is 5.88 Å². The number of hydrogen-bond acceptors (Lipinski definition) is 5. The quantitative estimate of drug-likeness (QED) is 0.931. The largest absolute Gasteiger partial charge is 0.473 e. The second-order valence-electron chi connectivity index (χ2n) is 5.13. The molecule has 0 unspecified atom stereocenters. The Morgan fingerprint density at radius 3 is 2.74 bits per heavy atom. The Kier molecular flexibility index (Phi) is 5.05. The number of amides is 1. The summed E-state index contributed by atoms with van der Waals surface area (Å²) in [7, 11) is 0. The summed E-state index contributed by atoms with van der Waals surface area (Å²) in [5.41, 5.74) is 1.02. The molecule has 0 radical (unpaired) electrons. The SMILES string of the molecule is O=C(Nc1ccncc1)c1cnc(OC2CCOCC2)c(Cl)c1. The van der Waals surface area contributed by atoms with Crippen molar-refractivity contribution in [3.05, 3.63) is 47.4 Å². The van der Waals surface area contributed by atoms with Crippen molar-refractivity contribution in [2.45, 2.75) is 18.9 Å². The normalized spacial score (nSPS) is 15.2. The van der Waals surface area contributed by atoms with E-state index >= 15 is 0 Å². The molecular weight excluding hydrogens is 318 g/mol. The molecule has 2 aromatic heterocycles. The van der Waals surface area contributed by atoms with Gasteiger partial charge in [-0.25, -0.2) is 4.98 Å². The molecule has 6 nitrogen and oxygen atoms in total. The van der Waals surface area contributed by atoms with E-state index in [-0.39, 0.29) is 12.0 Å². The van der Waals surface area contributed by atoms with Gasteiger partial charge in [-0.3, -0.25) is 9.78 Å². The second kappa shape index (κ2) is 7.39. The summed E-state index contributed by atoms with van der Waals surface area (Å²) < 4.78 is 11.1. The Labute approximate surface area is 138 Å². The zero-order valence-corrected chi connectivity index (χ0v) is 13.1. The molecule has 0 aliphatic carbocycles. The predicted octanol–water partition coefficient (Wildman–Crippen LogP) is 2.94. The molecule has 2 aromatic rings. The number of carbonyl (C=O) groups is 1. The van der Waals surface area contributed by atoms with Crippen molar-refractivity contribution in [1.29, 1.82) is 0 Å². The molecule has 23 heavy (non-hydrogen) atoms. The lowest BCUT2D eigenvalue weighted by Crippen LogP contribution is -2.26. The highest BCUT2D eigenvalue weighted by molar-refractivity contribution is 6.32. The molecule has 1 aliphatic rings. The van der Waals surface area contributed by atoms with Gasteiger partial charge in [0.05, 0.1) is 18.8 Å². The first-order valence-corrected chi connectivity index (χ1v) is 7.71. The summed E-state index contributed by atoms with van der Waals surface area (Å²) in [4.78, 5) is 20.2. The van der Waals surface area contributed by atoms with E-state index in [1.165, 1.54) is 6.20 Å². The fourth-order valence-electron chi connectivity index (χ4n) is 2.23. The number of anilines is 1. The van der Waals surface area contributed by atoms with E-state index in [4.69, 9.17) is 21.1 Å². The van der Waals surface area contributed by atoms with Crippen LogP contribution in [0.15, 0.2) is 36.8 Å². The number of halogens is 1. The Bertz CT molecular complexity index is 676. The highest BCUT2D eigenvalue weighted by atomic mass is 35.5. The van der Waals surface area contributed by atoms with E-state index in [1.807, 2.05) is 0 Å². The van der Waals surface area contributed by atoms with E-state index < -0.39 is 0 Å². The van der Waals surface area contributed by atoms with Crippen LogP contribution in [-0.4, -0.2) is 35.2 Å². The Morgan fingerprint density at radius 2 is 2.04 bits per heavy atom. The minimum Gasteiger partial charge on any atom is -0.473 e. The van der Waals surface area contributed by atoms with Gasteiger partial charge in [-0.1, -0.05) is 11.6 Å². The first kappa shape index (κ1) is 15.7. The van der Waals surface area contributed by atoms with Crippen LogP contribution >= 0.6 is 11.6 Å². The zero-order valence-electron chi connectivity index (χ0n) is 12.4. The predicted molar refractivity (Wildman–Crippen MR) is 85.9 cm³/mol.